The number of halogens is 2. The summed E-state index contributed by atoms with van der Waals surface area (Å²) in [5.41, 5.74) is 5.08. The van der Waals surface area contributed by atoms with Crippen LogP contribution in [-0.2, 0) is 10.2 Å². The van der Waals surface area contributed by atoms with E-state index in [-0.39, 0.29) is 28.4 Å². The molecule has 0 unspecified atom stereocenters. The highest BCUT2D eigenvalue weighted by Gasteiger charge is 2.42. The summed E-state index contributed by atoms with van der Waals surface area (Å²) in [6, 6.07) is 10.9. The van der Waals surface area contributed by atoms with E-state index in [0.717, 1.165) is 45.3 Å². The molecule has 5 nitrogen and oxygen atoms in total. The number of aliphatic hydroxyl groups is 1. The van der Waals surface area contributed by atoms with Gasteiger partial charge in [0.1, 0.15) is 5.82 Å². The first kappa shape index (κ1) is 25.2. The van der Waals surface area contributed by atoms with Gasteiger partial charge in [-0.05, 0) is 92.6 Å². The van der Waals surface area contributed by atoms with Gasteiger partial charge in [-0.15, -0.1) is 0 Å². The Kier molecular flexibility index (Phi) is 7.38. The third kappa shape index (κ3) is 5.17. The second-order valence-corrected chi connectivity index (χ2v) is 11.1. The Morgan fingerprint density at radius 1 is 1.22 bits per heavy atom. The van der Waals surface area contributed by atoms with Gasteiger partial charge in [0.2, 0.25) is 5.91 Å². The molecule has 2 aromatic rings. The lowest BCUT2D eigenvalue weighted by Crippen LogP contribution is -2.48. The van der Waals surface area contributed by atoms with Gasteiger partial charge in [-0.2, -0.15) is 0 Å². The molecule has 5 rings (SSSR count). The minimum absolute atomic E-state index is 0.0446. The number of aryl methyl sites for hydroxylation is 1. The lowest BCUT2D eigenvalue weighted by atomic mass is 9.72. The monoisotopic (exact) mass is 511 g/mol. The predicted octanol–water partition coefficient (Wildman–Crippen LogP) is 4.86. The number of piperidine rings is 2. The maximum atomic E-state index is 13.3. The number of hydrogen-bond donors (Lipinski definition) is 2. The average Bonchev–Trinajstić information content (AvgIpc) is 3.25. The molecule has 1 amide bonds. The summed E-state index contributed by atoms with van der Waals surface area (Å²) < 4.78 is 13.3. The number of fused-ring (bicyclic) bond motifs is 2. The fourth-order valence-electron chi connectivity index (χ4n) is 6.27. The molecule has 192 valence electrons. The average molecular weight is 512 g/mol. The van der Waals surface area contributed by atoms with Crippen molar-refractivity contribution in [3.63, 3.8) is 0 Å². The molecule has 36 heavy (non-hydrogen) atoms. The van der Waals surface area contributed by atoms with Crippen LogP contribution in [0.15, 0.2) is 42.5 Å². The number of β-amino-alcohol motifs (C(OH)–C–C–N with tert-alkyl or cyclic N) is 1. The van der Waals surface area contributed by atoms with Gasteiger partial charge in [-0.1, -0.05) is 29.8 Å². The summed E-state index contributed by atoms with van der Waals surface area (Å²) >= 11 is 5.82. The number of anilines is 1. The van der Waals surface area contributed by atoms with Gasteiger partial charge in [-0.3, -0.25) is 4.79 Å². The minimum atomic E-state index is -0.471. The van der Waals surface area contributed by atoms with Crippen LogP contribution in [0.5, 0.6) is 0 Å². The quantitative estimate of drug-likeness (QED) is 0.563. The standard InChI is InChI=1S/C29H35ClFN3O2/c1-20-3-2-4-25-28(20)29(19-32-25)11-15-33(16-12-29)18-26(35)22-9-13-34(14-10-22)27(36)8-6-21-5-7-24(31)23(30)17-21/h2-8,17,22,26,32,35H,9-16,18-19H2,1H3/t26-/m1/s1. The zero-order valence-corrected chi connectivity index (χ0v) is 21.6. The molecule has 0 bridgehead atoms. The topological polar surface area (TPSA) is 55.8 Å². The summed E-state index contributed by atoms with van der Waals surface area (Å²) in [5, 5.41) is 14.7. The van der Waals surface area contributed by atoms with Crippen LogP contribution in [0.25, 0.3) is 6.08 Å². The number of aliphatic hydroxyl groups excluding tert-OH is 1. The van der Waals surface area contributed by atoms with Gasteiger partial charge in [0, 0.05) is 43.4 Å². The Morgan fingerprint density at radius 2 is 1.97 bits per heavy atom. The largest absolute Gasteiger partial charge is 0.392 e. The molecular weight excluding hydrogens is 477 g/mol. The molecule has 2 N–H and O–H groups in total. The van der Waals surface area contributed by atoms with Crippen molar-refractivity contribution in [2.45, 2.75) is 44.1 Å². The van der Waals surface area contributed by atoms with Crippen molar-refractivity contribution in [2.24, 2.45) is 5.92 Å². The van der Waals surface area contributed by atoms with E-state index in [2.05, 4.69) is 35.3 Å². The molecule has 0 radical (unpaired) electrons. The van der Waals surface area contributed by atoms with E-state index in [1.54, 1.807) is 12.1 Å². The van der Waals surface area contributed by atoms with Crippen LogP contribution < -0.4 is 5.32 Å². The van der Waals surface area contributed by atoms with Crippen LogP contribution in [0.1, 0.15) is 42.4 Å². The molecule has 1 spiro atoms. The number of carbonyl (C=O) groups is 1. The van der Waals surface area contributed by atoms with E-state index >= 15 is 0 Å². The van der Waals surface area contributed by atoms with Crippen molar-refractivity contribution in [1.82, 2.24) is 9.80 Å². The first-order valence-corrected chi connectivity index (χ1v) is 13.4. The molecular formula is C29H35ClFN3O2. The molecule has 0 saturated carbocycles. The molecule has 3 aliphatic rings. The maximum Gasteiger partial charge on any atom is 0.246 e. The Morgan fingerprint density at radius 3 is 2.69 bits per heavy atom. The van der Waals surface area contributed by atoms with Gasteiger partial charge in [0.15, 0.2) is 0 Å². The summed E-state index contributed by atoms with van der Waals surface area (Å²) in [6.07, 6.45) is 6.64. The summed E-state index contributed by atoms with van der Waals surface area (Å²) in [7, 11) is 0. The van der Waals surface area contributed by atoms with Crippen LogP contribution in [0, 0.1) is 18.7 Å². The second kappa shape index (κ2) is 10.5. The summed E-state index contributed by atoms with van der Waals surface area (Å²) in [5.74, 6) is -0.327. The first-order chi connectivity index (χ1) is 17.3. The van der Waals surface area contributed by atoms with Crippen molar-refractivity contribution < 1.29 is 14.3 Å². The fraction of sp³-hybridized carbons (Fsp3) is 0.483. The Balaban J connectivity index is 1.09. The molecule has 1 atom stereocenters. The van der Waals surface area contributed by atoms with Crippen LogP contribution >= 0.6 is 11.6 Å². The van der Waals surface area contributed by atoms with Crippen molar-refractivity contribution in [3.8, 4) is 0 Å². The molecule has 2 aromatic carbocycles. The molecule has 2 fully saturated rings. The van der Waals surface area contributed by atoms with E-state index in [9.17, 15) is 14.3 Å². The van der Waals surface area contributed by atoms with Gasteiger partial charge in [0.05, 0.1) is 11.1 Å². The number of benzene rings is 2. The van der Waals surface area contributed by atoms with Crippen molar-refractivity contribution in [2.75, 3.05) is 44.6 Å². The maximum absolute atomic E-state index is 13.3. The van der Waals surface area contributed by atoms with E-state index in [1.807, 2.05) is 4.90 Å². The summed E-state index contributed by atoms with van der Waals surface area (Å²) in [6.45, 7) is 7.21. The van der Waals surface area contributed by atoms with Gasteiger partial charge >= 0.3 is 0 Å². The van der Waals surface area contributed by atoms with Gasteiger partial charge in [0.25, 0.3) is 0 Å². The molecule has 0 aromatic heterocycles. The number of hydrogen-bond acceptors (Lipinski definition) is 4. The molecule has 0 aliphatic carbocycles. The van der Waals surface area contributed by atoms with E-state index in [1.165, 1.54) is 35.0 Å². The number of nitrogens with zero attached hydrogens (tertiary/aromatic N) is 2. The SMILES string of the molecule is Cc1cccc2c1C1(CCN(C[C@@H](O)C3CCN(C(=O)C=Cc4ccc(F)c(Cl)c4)CC3)CC1)CN2. The van der Waals surface area contributed by atoms with Crippen LogP contribution in [0.2, 0.25) is 5.02 Å². The number of likely N-dealkylation sites (tertiary alicyclic amines) is 2. The minimum Gasteiger partial charge on any atom is -0.392 e. The molecule has 3 aliphatic heterocycles. The van der Waals surface area contributed by atoms with Gasteiger partial charge < -0.3 is 20.2 Å². The highest BCUT2D eigenvalue weighted by Crippen LogP contribution is 2.45. The number of nitrogens with one attached hydrogen (secondary N) is 1. The first-order valence-electron chi connectivity index (χ1n) is 13.0. The third-order valence-electron chi connectivity index (χ3n) is 8.44. The zero-order valence-electron chi connectivity index (χ0n) is 20.9. The Bertz CT molecular complexity index is 1140. The third-order valence-corrected chi connectivity index (χ3v) is 8.73. The highest BCUT2D eigenvalue weighted by atomic mass is 35.5. The van der Waals surface area contributed by atoms with Crippen LogP contribution in [0.3, 0.4) is 0 Å². The van der Waals surface area contributed by atoms with Crippen molar-refractivity contribution in [3.05, 3.63) is 70.0 Å². The summed E-state index contributed by atoms with van der Waals surface area (Å²) in [4.78, 5) is 16.8. The lowest BCUT2D eigenvalue weighted by Gasteiger charge is -2.42. The normalized spacial score (nSPS) is 21.1. The molecule has 3 heterocycles. The second-order valence-electron chi connectivity index (χ2n) is 10.7. The van der Waals surface area contributed by atoms with E-state index < -0.39 is 5.82 Å². The smallest absolute Gasteiger partial charge is 0.246 e. The van der Waals surface area contributed by atoms with Crippen molar-refractivity contribution in [1.29, 1.82) is 0 Å². The fourth-order valence-corrected chi connectivity index (χ4v) is 6.46. The van der Waals surface area contributed by atoms with Crippen LogP contribution in [-0.4, -0.2) is 66.2 Å². The zero-order chi connectivity index (χ0) is 25.3. The highest BCUT2D eigenvalue weighted by molar-refractivity contribution is 6.30. The number of carbonyl (C=O) groups excluding carboxylic acids is 1. The van der Waals surface area contributed by atoms with Crippen LogP contribution in [0.4, 0.5) is 10.1 Å². The Labute approximate surface area is 217 Å². The van der Waals surface area contributed by atoms with E-state index in [0.29, 0.717) is 25.2 Å². The molecule has 2 saturated heterocycles. The van der Waals surface area contributed by atoms with Gasteiger partial charge in [-0.25, -0.2) is 4.39 Å². The number of amides is 1. The van der Waals surface area contributed by atoms with E-state index in [4.69, 9.17) is 11.6 Å². The van der Waals surface area contributed by atoms with Crippen molar-refractivity contribution >= 4 is 29.3 Å². The lowest BCUT2D eigenvalue weighted by molar-refractivity contribution is -0.128. The molecule has 7 heteroatoms. The Hall–Kier alpha value is -2.41. The number of rotatable bonds is 5. The predicted molar refractivity (Wildman–Crippen MR) is 143 cm³/mol.